The molecule has 2 aromatic rings. The molecule has 0 saturated carbocycles. The predicted molar refractivity (Wildman–Crippen MR) is 119 cm³/mol. The zero-order valence-electron chi connectivity index (χ0n) is 18.4. The second-order valence-electron chi connectivity index (χ2n) is 7.99. The van der Waals surface area contributed by atoms with E-state index in [-0.39, 0.29) is 5.69 Å². The number of rotatable bonds is 6. The molecule has 1 unspecified atom stereocenters. The summed E-state index contributed by atoms with van der Waals surface area (Å²) in [7, 11) is 1.53. The molecule has 33 heavy (non-hydrogen) atoms. The summed E-state index contributed by atoms with van der Waals surface area (Å²) >= 11 is 0. The van der Waals surface area contributed by atoms with E-state index >= 15 is 0 Å². The molecule has 2 heterocycles. The molecule has 9 nitrogen and oxygen atoms in total. The van der Waals surface area contributed by atoms with Crippen molar-refractivity contribution in [1.82, 2.24) is 10.2 Å². The number of ether oxygens (including phenoxy) is 2. The van der Waals surface area contributed by atoms with Crippen molar-refractivity contribution in [3.63, 3.8) is 0 Å². The van der Waals surface area contributed by atoms with Gasteiger partial charge in [-0.15, -0.1) is 0 Å². The Morgan fingerprint density at radius 3 is 2.52 bits per heavy atom. The number of hydrogen-bond acceptors (Lipinski definition) is 6. The van der Waals surface area contributed by atoms with Gasteiger partial charge in [0.2, 0.25) is 5.91 Å². The van der Waals surface area contributed by atoms with Crippen LogP contribution in [0.3, 0.4) is 0 Å². The lowest BCUT2D eigenvalue weighted by Crippen LogP contribution is -2.42. The van der Waals surface area contributed by atoms with E-state index < -0.39 is 35.7 Å². The monoisotopic (exact) mass is 456 g/mol. The normalized spacial score (nSPS) is 20.6. The lowest BCUT2D eigenvalue weighted by Gasteiger charge is -2.29. The molecule has 0 radical (unpaired) electrons. The molecular formula is C23H25FN4O5. The molecule has 2 fully saturated rings. The van der Waals surface area contributed by atoms with Gasteiger partial charge in [0, 0.05) is 18.8 Å². The first kappa shape index (κ1) is 22.5. The number of nitrogens with zero attached hydrogens (tertiary/aromatic N) is 2. The maximum absolute atomic E-state index is 14.6. The Kier molecular flexibility index (Phi) is 6.19. The van der Waals surface area contributed by atoms with Gasteiger partial charge in [-0.1, -0.05) is 12.1 Å². The lowest BCUT2D eigenvalue weighted by atomic mass is 9.92. The third kappa shape index (κ3) is 4.47. The van der Waals surface area contributed by atoms with Crippen LogP contribution in [-0.4, -0.2) is 62.7 Å². The van der Waals surface area contributed by atoms with Gasteiger partial charge in [-0.2, -0.15) is 0 Å². The summed E-state index contributed by atoms with van der Waals surface area (Å²) in [6.07, 6.45) is 0. The minimum absolute atomic E-state index is 0.236. The molecule has 0 aromatic heterocycles. The Balaban J connectivity index is 1.42. The summed E-state index contributed by atoms with van der Waals surface area (Å²) in [5.74, 6) is -1.03. The molecular weight excluding hydrogens is 431 g/mol. The fourth-order valence-electron chi connectivity index (χ4n) is 3.95. The number of amides is 4. The standard InChI is InChI=1S/C23H25FN4O5/c1-23(15-3-6-17(32-2)7-4-15)21(30)28(22(31)26-23)14-20(29)25-16-5-8-19(18(24)13-16)27-9-11-33-12-10-27/h3-8,13H,9-12,14H2,1-2H3,(H,25,29)(H,26,31). The number of carbonyl (C=O) groups is 3. The summed E-state index contributed by atoms with van der Waals surface area (Å²) in [4.78, 5) is 40.7. The average Bonchev–Trinajstić information content (AvgIpc) is 3.03. The molecule has 2 aliphatic rings. The fraction of sp³-hybridized carbons (Fsp3) is 0.348. The highest BCUT2D eigenvalue weighted by molar-refractivity contribution is 6.10. The van der Waals surface area contributed by atoms with E-state index in [1.54, 1.807) is 43.3 Å². The van der Waals surface area contributed by atoms with Crippen LogP contribution in [0.15, 0.2) is 42.5 Å². The maximum atomic E-state index is 14.6. The molecule has 4 rings (SSSR count). The van der Waals surface area contributed by atoms with Crippen molar-refractivity contribution in [2.75, 3.05) is 50.2 Å². The third-order valence-corrected chi connectivity index (χ3v) is 5.83. The second-order valence-corrected chi connectivity index (χ2v) is 7.99. The van der Waals surface area contributed by atoms with Gasteiger partial charge in [-0.3, -0.25) is 14.5 Å². The second kappa shape index (κ2) is 9.07. The first-order valence-corrected chi connectivity index (χ1v) is 10.5. The van der Waals surface area contributed by atoms with E-state index in [1.165, 1.54) is 13.2 Å². The molecule has 0 aliphatic carbocycles. The Morgan fingerprint density at radius 2 is 1.88 bits per heavy atom. The van der Waals surface area contributed by atoms with Crippen molar-refractivity contribution in [3.8, 4) is 5.75 Å². The van der Waals surface area contributed by atoms with E-state index in [1.807, 2.05) is 4.90 Å². The van der Waals surface area contributed by atoms with Crippen molar-refractivity contribution in [3.05, 3.63) is 53.8 Å². The van der Waals surface area contributed by atoms with Gasteiger partial charge >= 0.3 is 6.03 Å². The maximum Gasteiger partial charge on any atom is 0.325 e. The first-order valence-electron chi connectivity index (χ1n) is 10.5. The number of nitrogens with one attached hydrogen (secondary N) is 2. The van der Waals surface area contributed by atoms with Gasteiger partial charge in [0.05, 0.1) is 26.0 Å². The van der Waals surface area contributed by atoms with Gasteiger partial charge in [-0.25, -0.2) is 9.18 Å². The van der Waals surface area contributed by atoms with Crippen molar-refractivity contribution in [2.45, 2.75) is 12.5 Å². The Hall–Kier alpha value is -3.66. The minimum Gasteiger partial charge on any atom is -0.497 e. The van der Waals surface area contributed by atoms with Crippen LogP contribution in [0.1, 0.15) is 12.5 Å². The topological polar surface area (TPSA) is 100 Å². The minimum atomic E-state index is -1.31. The van der Waals surface area contributed by atoms with Crippen LogP contribution in [0.2, 0.25) is 0 Å². The smallest absolute Gasteiger partial charge is 0.325 e. The number of imide groups is 1. The summed E-state index contributed by atoms with van der Waals surface area (Å²) in [5.41, 5.74) is -0.0827. The summed E-state index contributed by atoms with van der Waals surface area (Å²) in [5, 5.41) is 5.20. The predicted octanol–water partition coefficient (Wildman–Crippen LogP) is 2.08. The number of methoxy groups -OCH3 is 1. The molecule has 1 atom stereocenters. The summed E-state index contributed by atoms with van der Waals surface area (Å²) < 4.78 is 25.0. The number of halogens is 1. The van der Waals surface area contributed by atoms with Gasteiger partial charge in [0.15, 0.2) is 0 Å². The largest absolute Gasteiger partial charge is 0.497 e. The Labute approximate surface area is 190 Å². The molecule has 174 valence electrons. The van der Waals surface area contributed by atoms with Crippen molar-refractivity contribution < 1.29 is 28.2 Å². The van der Waals surface area contributed by atoms with E-state index in [4.69, 9.17) is 9.47 Å². The van der Waals surface area contributed by atoms with E-state index in [0.717, 1.165) is 4.90 Å². The zero-order valence-corrected chi connectivity index (χ0v) is 18.4. The highest BCUT2D eigenvalue weighted by atomic mass is 19.1. The third-order valence-electron chi connectivity index (χ3n) is 5.83. The Morgan fingerprint density at radius 1 is 1.18 bits per heavy atom. The van der Waals surface area contributed by atoms with Gasteiger partial charge in [0.25, 0.3) is 5.91 Å². The van der Waals surface area contributed by atoms with E-state index in [0.29, 0.717) is 43.3 Å². The van der Waals surface area contributed by atoms with Crippen LogP contribution in [0.5, 0.6) is 5.75 Å². The highest BCUT2D eigenvalue weighted by Crippen LogP contribution is 2.30. The molecule has 0 spiro atoms. The molecule has 4 amide bonds. The number of carbonyl (C=O) groups excluding carboxylic acids is 3. The number of anilines is 2. The van der Waals surface area contributed by atoms with Crippen molar-refractivity contribution in [2.24, 2.45) is 0 Å². The lowest BCUT2D eigenvalue weighted by molar-refractivity contribution is -0.133. The van der Waals surface area contributed by atoms with Crippen LogP contribution in [-0.2, 0) is 19.9 Å². The SMILES string of the molecule is COc1ccc(C2(C)NC(=O)N(CC(=O)Nc3ccc(N4CCOCC4)c(F)c3)C2=O)cc1. The number of hydrogen-bond donors (Lipinski definition) is 2. The first-order chi connectivity index (χ1) is 15.8. The fourth-order valence-corrected chi connectivity index (χ4v) is 3.95. The van der Waals surface area contributed by atoms with Crippen LogP contribution in [0, 0.1) is 5.82 Å². The van der Waals surface area contributed by atoms with Crippen LogP contribution in [0.4, 0.5) is 20.6 Å². The van der Waals surface area contributed by atoms with Crippen molar-refractivity contribution >= 4 is 29.2 Å². The number of urea groups is 1. The quantitative estimate of drug-likeness (QED) is 0.646. The van der Waals surface area contributed by atoms with Gasteiger partial charge in [0.1, 0.15) is 23.7 Å². The zero-order chi connectivity index (χ0) is 23.6. The van der Waals surface area contributed by atoms with Gasteiger partial charge < -0.3 is 25.0 Å². The molecule has 2 saturated heterocycles. The van der Waals surface area contributed by atoms with Crippen LogP contribution in [0.25, 0.3) is 0 Å². The molecule has 2 N–H and O–H groups in total. The Bertz CT molecular complexity index is 1070. The van der Waals surface area contributed by atoms with E-state index in [2.05, 4.69) is 10.6 Å². The van der Waals surface area contributed by atoms with Crippen molar-refractivity contribution in [1.29, 1.82) is 0 Å². The molecule has 2 aromatic carbocycles. The number of morpholine rings is 1. The average molecular weight is 456 g/mol. The molecule has 2 aliphatic heterocycles. The van der Waals surface area contributed by atoms with Crippen LogP contribution >= 0.6 is 0 Å². The van der Waals surface area contributed by atoms with Gasteiger partial charge in [-0.05, 0) is 42.8 Å². The number of benzene rings is 2. The molecule has 10 heteroatoms. The summed E-state index contributed by atoms with van der Waals surface area (Å²) in [6.45, 7) is 3.30. The van der Waals surface area contributed by atoms with E-state index in [9.17, 15) is 18.8 Å². The van der Waals surface area contributed by atoms with Crippen LogP contribution < -0.4 is 20.3 Å². The highest BCUT2D eigenvalue weighted by Gasteiger charge is 2.49. The summed E-state index contributed by atoms with van der Waals surface area (Å²) in [6, 6.07) is 10.4. The molecule has 0 bridgehead atoms.